The van der Waals surface area contributed by atoms with E-state index in [2.05, 4.69) is 22.9 Å². The predicted octanol–water partition coefficient (Wildman–Crippen LogP) is 4.47. The Morgan fingerprint density at radius 1 is 1.26 bits per heavy atom. The molecule has 0 saturated heterocycles. The van der Waals surface area contributed by atoms with Gasteiger partial charge in [0, 0.05) is 10.2 Å². The van der Waals surface area contributed by atoms with E-state index in [0.29, 0.717) is 17.9 Å². The SMILES string of the molecule is CCCCCCCOC(=O)c1cc(Br)cc(N)c1C. The molecule has 0 amide bonds. The lowest BCUT2D eigenvalue weighted by molar-refractivity contribution is 0.0497. The van der Waals surface area contributed by atoms with E-state index in [9.17, 15) is 4.79 Å². The molecule has 3 nitrogen and oxygen atoms in total. The van der Waals surface area contributed by atoms with Crippen LogP contribution in [0.25, 0.3) is 0 Å². The van der Waals surface area contributed by atoms with E-state index in [1.54, 1.807) is 12.1 Å². The van der Waals surface area contributed by atoms with Gasteiger partial charge in [0.1, 0.15) is 0 Å². The summed E-state index contributed by atoms with van der Waals surface area (Å²) in [6, 6.07) is 3.54. The minimum Gasteiger partial charge on any atom is -0.462 e. The zero-order valence-corrected chi connectivity index (χ0v) is 13.3. The summed E-state index contributed by atoms with van der Waals surface area (Å²) in [5.41, 5.74) is 7.75. The van der Waals surface area contributed by atoms with Crippen molar-refractivity contribution < 1.29 is 9.53 Å². The number of ether oxygens (including phenoxy) is 1. The van der Waals surface area contributed by atoms with Crippen molar-refractivity contribution in [3.05, 3.63) is 27.7 Å². The zero-order chi connectivity index (χ0) is 14.3. The third kappa shape index (κ3) is 5.23. The first-order valence-corrected chi connectivity index (χ1v) is 7.58. The van der Waals surface area contributed by atoms with Gasteiger partial charge in [-0.15, -0.1) is 0 Å². The second-order valence-electron chi connectivity index (χ2n) is 4.72. The number of halogens is 1. The van der Waals surface area contributed by atoms with Gasteiger partial charge in [0.15, 0.2) is 0 Å². The Morgan fingerprint density at radius 3 is 2.63 bits per heavy atom. The number of carbonyl (C=O) groups excluding carboxylic acids is 1. The topological polar surface area (TPSA) is 52.3 Å². The summed E-state index contributed by atoms with van der Waals surface area (Å²) >= 11 is 3.34. The number of nitrogens with two attached hydrogens (primary N) is 1. The summed E-state index contributed by atoms with van der Waals surface area (Å²) < 4.78 is 6.08. The number of anilines is 1. The van der Waals surface area contributed by atoms with Crippen LogP contribution in [-0.2, 0) is 4.74 Å². The number of hydrogen-bond donors (Lipinski definition) is 1. The van der Waals surface area contributed by atoms with Crippen LogP contribution < -0.4 is 5.73 Å². The van der Waals surface area contributed by atoms with E-state index in [0.717, 1.165) is 22.9 Å². The first-order chi connectivity index (χ1) is 9.06. The van der Waals surface area contributed by atoms with Gasteiger partial charge < -0.3 is 10.5 Å². The molecule has 0 aliphatic heterocycles. The van der Waals surface area contributed by atoms with Crippen molar-refractivity contribution in [2.75, 3.05) is 12.3 Å². The van der Waals surface area contributed by atoms with Crippen molar-refractivity contribution in [2.24, 2.45) is 0 Å². The van der Waals surface area contributed by atoms with Crippen molar-refractivity contribution in [1.82, 2.24) is 0 Å². The molecule has 0 fully saturated rings. The standard InChI is InChI=1S/C15H22BrNO2/c1-3-4-5-6-7-8-19-15(18)13-9-12(16)10-14(17)11(13)2/h9-10H,3-8,17H2,1-2H3. The van der Waals surface area contributed by atoms with Crippen LogP contribution in [0.1, 0.15) is 54.9 Å². The number of unbranched alkanes of at least 4 members (excludes halogenated alkanes) is 4. The second kappa shape index (κ2) is 8.20. The van der Waals surface area contributed by atoms with Crippen LogP contribution >= 0.6 is 15.9 Å². The van der Waals surface area contributed by atoms with Crippen LogP contribution in [-0.4, -0.2) is 12.6 Å². The summed E-state index contributed by atoms with van der Waals surface area (Å²) in [6.45, 7) is 4.49. The molecule has 19 heavy (non-hydrogen) atoms. The largest absolute Gasteiger partial charge is 0.462 e. The molecular formula is C15H22BrNO2. The molecule has 0 aliphatic carbocycles. The van der Waals surface area contributed by atoms with Gasteiger partial charge in [0.05, 0.1) is 12.2 Å². The molecule has 0 heterocycles. The second-order valence-corrected chi connectivity index (χ2v) is 5.63. The van der Waals surface area contributed by atoms with Crippen LogP contribution in [0, 0.1) is 6.92 Å². The minimum atomic E-state index is -0.291. The van der Waals surface area contributed by atoms with E-state index in [1.807, 2.05) is 6.92 Å². The summed E-state index contributed by atoms with van der Waals surface area (Å²) in [6.07, 6.45) is 5.71. The number of rotatable bonds is 7. The van der Waals surface area contributed by atoms with Gasteiger partial charge >= 0.3 is 5.97 Å². The lowest BCUT2D eigenvalue weighted by Gasteiger charge is -2.09. The molecule has 0 atom stereocenters. The van der Waals surface area contributed by atoms with Crippen LogP contribution in [0.4, 0.5) is 5.69 Å². The van der Waals surface area contributed by atoms with E-state index < -0.39 is 0 Å². The van der Waals surface area contributed by atoms with E-state index in [1.165, 1.54) is 19.3 Å². The number of benzene rings is 1. The molecule has 1 aromatic carbocycles. The number of esters is 1. The lowest BCUT2D eigenvalue weighted by Crippen LogP contribution is -2.09. The molecule has 106 valence electrons. The quantitative estimate of drug-likeness (QED) is 0.456. The third-order valence-corrected chi connectivity index (χ3v) is 3.57. The highest BCUT2D eigenvalue weighted by Crippen LogP contribution is 2.23. The van der Waals surface area contributed by atoms with Gasteiger partial charge in [-0.05, 0) is 31.0 Å². The van der Waals surface area contributed by atoms with Crippen LogP contribution in [0.3, 0.4) is 0 Å². The van der Waals surface area contributed by atoms with E-state index in [-0.39, 0.29) is 5.97 Å². The first kappa shape index (κ1) is 16.0. The molecule has 0 radical (unpaired) electrons. The van der Waals surface area contributed by atoms with Crippen molar-refractivity contribution in [3.63, 3.8) is 0 Å². The highest BCUT2D eigenvalue weighted by molar-refractivity contribution is 9.10. The molecule has 0 spiro atoms. The van der Waals surface area contributed by atoms with Crippen LogP contribution in [0.5, 0.6) is 0 Å². The lowest BCUT2D eigenvalue weighted by atomic mass is 10.1. The van der Waals surface area contributed by atoms with Gasteiger partial charge in [-0.3, -0.25) is 0 Å². The van der Waals surface area contributed by atoms with Crippen molar-refractivity contribution in [2.45, 2.75) is 46.0 Å². The van der Waals surface area contributed by atoms with E-state index in [4.69, 9.17) is 10.5 Å². The highest BCUT2D eigenvalue weighted by Gasteiger charge is 2.13. The smallest absolute Gasteiger partial charge is 0.338 e. The summed E-state index contributed by atoms with van der Waals surface area (Å²) in [7, 11) is 0. The van der Waals surface area contributed by atoms with E-state index >= 15 is 0 Å². The molecular weight excluding hydrogens is 306 g/mol. The number of carbonyl (C=O) groups is 1. The molecule has 0 aromatic heterocycles. The predicted molar refractivity (Wildman–Crippen MR) is 82.3 cm³/mol. The normalized spacial score (nSPS) is 10.5. The monoisotopic (exact) mass is 327 g/mol. The fourth-order valence-corrected chi connectivity index (χ4v) is 2.34. The highest BCUT2D eigenvalue weighted by atomic mass is 79.9. The van der Waals surface area contributed by atoms with Gasteiger partial charge in [-0.1, -0.05) is 48.5 Å². The zero-order valence-electron chi connectivity index (χ0n) is 11.7. The summed E-state index contributed by atoms with van der Waals surface area (Å²) in [4.78, 5) is 12.0. The summed E-state index contributed by atoms with van der Waals surface area (Å²) in [5.74, 6) is -0.291. The Kier molecular flexibility index (Phi) is 6.92. The molecule has 0 unspecified atom stereocenters. The Morgan fingerprint density at radius 2 is 1.95 bits per heavy atom. The van der Waals surface area contributed by atoms with Crippen molar-refractivity contribution >= 4 is 27.6 Å². The summed E-state index contributed by atoms with van der Waals surface area (Å²) in [5, 5.41) is 0. The maximum absolute atomic E-state index is 12.0. The number of nitrogen functional groups attached to an aromatic ring is 1. The fourth-order valence-electron chi connectivity index (χ4n) is 1.86. The van der Waals surface area contributed by atoms with Gasteiger partial charge in [0.2, 0.25) is 0 Å². The molecule has 0 saturated carbocycles. The van der Waals surface area contributed by atoms with Gasteiger partial charge in [0.25, 0.3) is 0 Å². The van der Waals surface area contributed by atoms with Crippen molar-refractivity contribution in [1.29, 1.82) is 0 Å². The first-order valence-electron chi connectivity index (χ1n) is 6.79. The Hall–Kier alpha value is -1.03. The van der Waals surface area contributed by atoms with Crippen LogP contribution in [0.2, 0.25) is 0 Å². The average Bonchev–Trinajstić information content (AvgIpc) is 2.37. The van der Waals surface area contributed by atoms with Gasteiger partial charge in [-0.25, -0.2) is 4.79 Å². The van der Waals surface area contributed by atoms with Crippen molar-refractivity contribution in [3.8, 4) is 0 Å². The fraction of sp³-hybridized carbons (Fsp3) is 0.533. The molecule has 1 aromatic rings. The molecule has 1 rings (SSSR count). The Balaban J connectivity index is 2.46. The molecule has 2 N–H and O–H groups in total. The Labute approximate surface area is 123 Å². The van der Waals surface area contributed by atoms with Gasteiger partial charge in [-0.2, -0.15) is 0 Å². The molecule has 4 heteroatoms. The maximum Gasteiger partial charge on any atom is 0.338 e. The average molecular weight is 328 g/mol. The van der Waals surface area contributed by atoms with Crippen LogP contribution in [0.15, 0.2) is 16.6 Å². The third-order valence-electron chi connectivity index (χ3n) is 3.11. The molecule has 0 aliphatic rings. The minimum absolute atomic E-state index is 0.291. The Bertz CT molecular complexity index is 432. The number of hydrogen-bond acceptors (Lipinski definition) is 3. The molecule has 0 bridgehead atoms. The maximum atomic E-state index is 12.0.